The first kappa shape index (κ1) is 15.4. The van der Waals surface area contributed by atoms with E-state index in [-0.39, 0.29) is 0 Å². The number of halogens is 1. The van der Waals surface area contributed by atoms with Crippen molar-refractivity contribution in [1.82, 2.24) is 9.97 Å². The van der Waals surface area contributed by atoms with Crippen LogP contribution in [-0.4, -0.2) is 41.6 Å². The van der Waals surface area contributed by atoms with Crippen molar-refractivity contribution >= 4 is 35.1 Å². The van der Waals surface area contributed by atoms with Crippen LogP contribution in [0.1, 0.15) is 20.3 Å². The topological polar surface area (TPSA) is 41.1 Å². The Morgan fingerprint density at radius 3 is 2.89 bits per heavy atom. The van der Waals surface area contributed by atoms with Crippen LogP contribution in [0.5, 0.6) is 0 Å². The maximum absolute atomic E-state index is 6.17. The summed E-state index contributed by atoms with van der Waals surface area (Å²) in [7, 11) is 2.01. The van der Waals surface area contributed by atoms with Crippen LogP contribution >= 0.6 is 23.4 Å². The van der Waals surface area contributed by atoms with Gasteiger partial charge in [-0.25, -0.2) is 4.98 Å². The number of aromatic nitrogens is 2. The van der Waals surface area contributed by atoms with Crippen molar-refractivity contribution in [3.63, 3.8) is 0 Å². The minimum absolute atomic E-state index is 0.381. The molecule has 1 aromatic rings. The van der Waals surface area contributed by atoms with Crippen molar-refractivity contribution in [2.24, 2.45) is 0 Å². The largest absolute Gasteiger partial charge is 0.355 e. The summed E-state index contributed by atoms with van der Waals surface area (Å²) in [5.41, 5.74) is 0. The van der Waals surface area contributed by atoms with Gasteiger partial charge >= 0.3 is 0 Å². The van der Waals surface area contributed by atoms with Gasteiger partial charge in [0.15, 0.2) is 5.82 Å². The number of anilines is 2. The van der Waals surface area contributed by atoms with Gasteiger partial charge in [0.05, 0.1) is 6.20 Å². The normalized spacial score (nSPS) is 12.3. The molecule has 0 spiro atoms. The number of nitrogens with one attached hydrogen (secondary N) is 1. The quantitative estimate of drug-likeness (QED) is 0.835. The highest BCUT2D eigenvalue weighted by Crippen LogP contribution is 2.24. The van der Waals surface area contributed by atoms with Crippen LogP contribution in [0.25, 0.3) is 0 Å². The third-order valence-corrected chi connectivity index (χ3v) is 3.74. The summed E-state index contributed by atoms with van der Waals surface area (Å²) >= 11 is 7.98. The fourth-order valence-corrected chi connectivity index (χ4v) is 2.42. The molecule has 0 aliphatic carbocycles. The molecule has 1 heterocycles. The van der Waals surface area contributed by atoms with Gasteiger partial charge in [-0.05, 0) is 19.6 Å². The van der Waals surface area contributed by atoms with Crippen molar-refractivity contribution in [3.8, 4) is 0 Å². The second-order valence-electron chi connectivity index (χ2n) is 4.21. The summed E-state index contributed by atoms with van der Waals surface area (Å²) in [4.78, 5) is 10.7. The Kier molecular flexibility index (Phi) is 6.57. The van der Waals surface area contributed by atoms with Crippen molar-refractivity contribution in [2.75, 3.05) is 35.8 Å². The van der Waals surface area contributed by atoms with Crippen molar-refractivity contribution < 1.29 is 0 Å². The molecule has 1 N–H and O–H groups in total. The number of rotatable bonds is 7. The molecular weight excluding hydrogens is 268 g/mol. The second kappa shape index (κ2) is 7.69. The van der Waals surface area contributed by atoms with Crippen LogP contribution < -0.4 is 10.2 Å². The Hall–Kier alpha value is -0.680. The molecule has 1 atom stereocenters. The van der Waals surface area contributed by atoms with E-state index in [1.807, 2.05) is 18.8 Å². The fraction of sp³-hybridized carbons (Fsp3) is 0.667. The Morgan fingerprint density at radius 1 is 1.56 bits per heavy atom. The standard InChI is InChI=1S/C12H21ClN4S/c1-5-6-14-12-15-7-10(13)11(16-12)17(3)9(2)8-18-4/h7,9H,5-6,8H2,1-4H3,(H,14,15,16). The average molecular weight is 289 g/mol. The monoisotopic (exact) mass is 288 g/mol. The van der Waals surface area contributed by atoms with E-state index in [1.165, 1.54) is 0 Å². The van der Waals surface area contributed by atoms with Gasteiger partial charge in [-0.2, -0.15) is 16.7 Å². The average Bonchev–Trinajstić information content (AvgIpc) is 2.37. The molecule has 1 rings (SSSR count). The van der Waals surface area contributed by atoms with E-state index in [0.717, 1.165) is 24.5 Å². The fourth-order valence-electron chi connectivity index (χ4n) is 1.49. The van der Waals surface area contributed by atoms with E-state index < -0.39 is 0 Å². The maximum atomic E-state index is 6.17. The molecule has 0 fully saturated rings. The number of nitrogens with zero attached hydrogens (tertiary/aromatic N) is 3. The third-order valence-electron chi connectivity index (χ3n) is 2.66. The summed E-state index contributed by atoms with van der Waals surface area (Å²) in [6, 6.07) is 0.381. The van der Waals surface area contributed by atoms with E-state index in [4.69, 9.17) is 11.6 Å². The van der Waals surface area contributed by atoms with Gasteiger partial charge < -0.3 is 10.2 Å². The molecule has 0 amide bonds. The summed E-state index contributed by atoms with van der Waals surface area (Å²) in [5, 5.41) is 3.77. The Balaban J connectivity index is 2.85. The Morgan fingerprint density at radius 2 is 2.28 bits per heavy atom. The van der Waals surface area contributed by atoms with Gasteiger partial charge in [-0.1, -0.05) is 18.5 Å². The lowest BCUT2D eigenvalue weighted by atomic mass is 10.3. The number of hydrogen-bond acceptors (Lipinski definition) is 5. The first-order chi connectivity index (χ1) is 8.60. The van der Waals surface area contributed by atoms with Gasteiger partial charge in [0.25, 0.3) is 0 Å². The lowest BCUT2D eigenvalue weighted by molar-refractivity contribution is 0.751. The molecule has 0 bridgehead atoms. The summed E-state index contributed by atoms with van der Waals surface area (Å²) < 4.78 is 0. The highest BCUT2D eigenvalue weighted by Gasteiger charge is 2.15. The summed E-state index contributed by atoms with van der Waals surface area (Å²) in [6.07, 6.45) is 4.80. The molecule has 1 aromatic heterocycles. The second-order valence-corrected chi connectivity index (χ2v) is 5.53. The third kappa shape index (κ3) is 4.21. The highest BCUT2D eigenvalue weighted by molar-refractivity contribution is 7.98. The Bertz CT molecular complexity index is 375. The van der Waals surface area contributed by atoms with E-state index >= 15 is 0 Å². The molecule has 0 radical (unpaired) electrons. The first-order valence-electron chi connectivity index (χ1n) is 6.08. The van der Waals surface area contributed by atoms with Crippen molar-refractivity contribution in [3.05, 3.63) is 11.2 Å². The molecular formula is C12H21ClN4S. The number of hydrogen-bond donors (Lipinski definition) is 1. The van der Waals surface area contributed by atoms with Crippen LogP contribution in [0.4, 0.5) is 11.8 Å². The molecule has 6 heteroatoms. The zero-order chi connectivity index (χ0) is 13.5. The highest BCUT2D eigenvalue weighted by atomic mass is 35.5. The lowest BCUT2D eigenvalue weighted by Crippen LogP contribution is -2.32. The molecule has 0 aromatic carbocycles. The molecule has 0 saturated heterocycles. The van der Waals surface area contributed by atoms with E-state index in [1.54, 1.807) is 6.20 Å². The summed E-state index contributed by atoms with van der Waals surface area (Å²) in [5.74, 6) is 2.46. The molecule has 18 heavy (non-hydrogen) atoms. The maximum Gasteiger partial charge on any atom is 0.224 e. The van der Waals surface area contributed by atoms with Crippen molar-refractivity contribution in [2.45, 2.75) is 26.3 Å². The van der Waals surface area contributed by atoms with Crippen LogP contribution in [-0.2, 0) is 0 Å². The predicted molar refractivity (Wildman–Crippen MR) is 82.1 cm³/mol. The molecule has 4 nitrogen and oxygen atoms in total. The Labute approximate surface area is 119 Å². The zero-order valence-electron chi connectivity index (χ0n) is 11.4. The van der Waals surface area contributed by atoms with Gasteiger partial charge in [0, 0.05) is 25.4 Å². The number of thioether (sulfide) groups is 1. The van der Waals surface area contributed by atoms with Gasteiger partial charge in [0.1, 0.15) is 5.02 Å². The van der Waals surface area contributed by atoms with Crippen LogP contribution in [0.3, 0.4) is 0 Å². The van der Waals surface area contributed by atoms with E-state index in [2.05, 4.69) is 40.3 Å². The van der Waals surface area contributed by atoms with Gasteiger partial charge in [-0.3, -0.25) is 0 Å². The van der Waals surface area contributed by atoms with Crippen molar-refractivity contribution in [1.29, 1.82) is 0 Å². The first-order valence-corrected chi connectivity index (χ1v) is 7.85. The molecule has 0 aliphatic heterocycles. The van der Waals surface area contributed by atoms with Crippen LogP contribution in [0.2, 0.25) is 5.02 Å². The lowest BCUT2D eigenvalue weighted by Gasteiger charge is -2.26. The molecule has 1 unspecified atom stereocenters. The smallest absolute Gasteiger partial charge is 0.224 e. The van der Waals surface area contributed by atoms with Crippen LogP contribution in [0, 0.1) is 0 Å². The zero-order valence-corrected chi connectivity index (χ0v) is 13.0. The minimum atomic E-state index is 0.381. The van der Waals surface area contributed by atoms with Gasteiger partial charge in [0.2, 0.25) is 5.95 Å². The van der Waals surface area contributed by atoms with E-state index in [0.29, 0.717) is 17.0 Å². The molecule has 0 saturated carbocycles. The summed E-state index contributed by atoms with van der Waals surface area (Å²) in [6.45, 7) is 5.13. The van der Waals surface area contributed by atoms with Crippen LogP contribution in [0.15, 0.2) is 6.20 Å². The van der Waals surface area contributed by atoms with E-state index in [9.17, 15) is 0 Å². The predicted octanol–water partition coefficient (Wildman–Crippen LogP) is 3.14. The van der Waals surface area contributed by atoms with Gasteiger partial charge in [-0.15, -0.1) is 0 Å². The molecule has 102 valence electrons. The minimum Gasteiger partial charge on any atom is -0.355 e. The SMILES string of the molecule is CCCNc1ncc(Cl)c(N(C)C(C)CSC)n1. The molecule has 0 aliphatic rings.